The number of nitrogens with one attached hydrogen (secondary N) is 1. The molecule has 4 heteroatoms. The van der Waals surface area contributed by atoms with E-state index in [0.717, 1.165) is 19.7 Å². The number of aryl methyl sites for hydroxylation is 2. The summed E-state index contributed by atoms with van der Waals surface area (Å²) >= 11 is 8.41. The highest BCUT2D eigenvalue weighted by Crippen LogP contribution is 2.27. The molecule has 19 heavy (non-hydrogen) atoms. The fourth-order valence-electron chi connectivity index (χ4n) is 2.25. The zero-order chi connectivity index (χ0) is 14.0. The van der Waals surface area contributed by atoms with Gasteiger partial charge in [0.15, 0.2) is 0 Å². The lowest BCUT2D eigenvalue weighted by Gasteiger charge is -2.18. The summed E-state index contributed by atoms with van der Waals surface area (Å²) in [5, 5.41) is 0.753. The van der Waals surface area contributed by atoms with Gasteiger partial charge in [0.05, 0.1) is 11.1 Å². The van der Waals surface area contributed by atoms with Crippen LogP contribution < -0.4 is 11.3 Å². The Morgan fingerprint density at radius 2 is 1.68 bits per heavy atom. The third-order valence-electron chi connectivity index (χ3n) is 3.02. The topological polar surface area (TPSA) is 38.0 Å². The predicted molar refractivity (Wildman–Crippen MR) is 89.3 cm³/mol. The Morgan fingerprint density at radius 1 is 1.05 bits per heavy atom. The lowest BCUT2D eigenvalue weighted by Crippen LogP contribution is -2.29. The molecule has 0 bridgehead atoms. The second-order valence-corrected chi connectivity index (χ2v) is 6.26. The van der Waals surface area contributed by atoms with E-state index in [1.807, 2.05) is 12.1 Å². The summed E-state index contributed by atoms with van der Waals surface area (Å²) in [5.41, 5.74) is 7.55. The Labute approximate surface area is 132 Å². The number of hydrazine groups is 1. The van der Waals surface area contributed by atoms with Crippen LogP contribution in [-0.4, -0.2) is 0 Å². The lowest BCUT2D eigenvalue weighted by molar-refractivity contribution is 0.636. The second-order valence-electron chi connectivity index (χ2n) is 4.69. The number of nitrogens with two attached hydrogens (primary N) is 1. The van der Waals surface area contributed by atoms with Crippen molar-refractivity contribution in [3.8, 4) is 0 Å². The minimum atomic E-state index is -0.0481. The monoisotopic (exact) mass is 386 g/mol. The van der Waals surface area contributed by atoms with E-state index in [4.69, 9.17) is 17.4 Å². The zero-order valence-electron chi connectivity index (χ0n) is 10.9. The summed E-state index contributed by atoms with van der Waals surface area (Å²) in [4.78, 5) is 0. The maximum atomic E-state index is 6.19. The van der Waals surface area contributed by atoms with Crippen molar-refractivity contribution in [3.05, 3.63) is 67.2 Å². The lowest BCUT2D eigenvalue weighted by atomic mass is 9.96. The Balaban J connectivity index is 2.46. The van der Waals surface area contributed by atoms with Crippen LogP contribution in [0.15, 0.2) is 36.4 Å². The van der Waals surface area contributed by atoms with Crippen molar-refractivity contribution in [2.45, 2.75) is 19.9 Å². The van der Waals surface area contributed by atoms with Gasteiger partial charge in [-0.3, -0.25) is 5.84 Å². The van der Waals surface area contributed by atoms with Crippen molar-refractivity contribution >= 4 is 34.2 Å². The summed E-state index contributed by atoms with van der Waals surface area (Å²) in [5.74, 6) is 5.73. The van der Waals surface area contributed by atoms with E-state index < -0.39 is 0 Å². The molecule has 100 valence electrons. The maximum absolute atomic E-state index is 6.19. The van der Waals surface area contributed by atoms with Gasteiger partial charge in [-0.25, -0.2) is 5.43 Å². The van der Waals surface area contributed by atoms with E-state index >= 15 is 0 Å². The van der Waals surface area contributed by atoms with Crippen LogP contribution in [0.3, 0.4) is 0 Å². The van der Waals surface area contributed by atoms with E-state index in [9.17, 15) is 0 Å². The van der Waals surface area contributed by atoms with Crippen molar-refractivity contribution in [2.75, 3.05) is 0 Å². The molecule has 0 aliphatic carbocycles. The predicted octanol–water partition coefficient (Wildman–Crippen LogP) is 4.11. The molecular formula is C15H16ClIN2. The Bertz CT molecular complexity index is 578. The molecule has 0 heterocycles. The highest BCUT2D eigenvalue weighted by Gasteiger charge is 2.14. The molecule has 0 aliphatic rings. The van der Waals surface area contributed by atoms with E-state index in [1.165, 1.54) is 11.1 Å². The molecule has 3 N–H and O–H groups in total. The molecule has 2 nitrogen and oxygen atoms in total. The molecular weight excluding hydrogens is 371 g/mol. The van der Waals surface area contributed by atoms with Crippen molar-refractivity contribution < 1.29 is 0 Å². The number of benzene rings is 2. The van der Waals surface area contributed by atoms with Crippen LogP contribution >= 0.6 is 34.2 Å². The first kappa shape index (κ1) is 14.8. The quantitative estimate of drug-likeness (QED) is 0.473. The molecule has 0 amide bonds. The first-order valence-electron chi connectivity index (χ1n) is 6.00. The largest absolute Gasteiger partial charge is 0.271 e. The summed E-state index contributed by atoms with van der Waals surface area (Å²) in [6, 6.07) is 12.4. The highest BCUT2D eigenvalue weighted by atomic mass is 127. The standard InChI is InChI=1S/C15H16ClIN2/c1-9-5-10(2)7-12(6-9)15(19-18)11-3-4-14(17)13(16)8-11/h3-8,15,19H,18H2,1-2H3. The Morgan fingerprint density at radius 3 is 2.21 bits per heavy atom. The summed E-state index contributed by atoms with van der Waals surface area (Å²) < 4.78 is 1.04. The van der Waals surface area contributed by atoms with Gasteiger partial charge in [0.2, 0.25) is 0 Å². The number of hydrogen-bond donors (Lipinski definition) is 2. The van der Waals surface area contributed by atoms with Crippen LogP contribution in [-0.2, 0) is 0 Å². The minimum absolute atomic E-state index is 0.0481. The molecule has 0 radical (unpaired) electrons. The minimum Gasteiger partial charge on any atom is -0.271 e. The Hall–Kier alpha value is -0.620. The second kappa shape index (κ2) is 6.22. The van der Waals surface area contributed by atoms with Gasteiger partial charge < -0.3 is 0 Å². The maximum Gasteiger partial charge on any atom is 0.0710 e. The fraction of sp³-hybridized carbons (Fsp3) is 0.200. The molecule has 1 atom stereocenters. The number of halogens is 2. The van der Waals surface area contributed by atoms with E-state index in [-0.39, 0.29) is 6.04 Å². The molecule has 0 fully saturated rings. The van der Waals surface area contributed by atoms with Gasteiger partial charge >= 0.3 is 0 Å². The summed E-state index contributed by atoms with van der Waals surface area (Å²) in [7, 11) is 0. The number of hydrogen-bond acceptors (Lipinski definition) is 2. The molecule has 0 aliphatic heterocycles. The van der Waals surface area contributed by atoms with E-state index in [1.54, 1.807) is 0 Å². The SMILES string of the molecule is Cc1cc(C)cc(C(NN)c2ccc(I)c(Cl)c2)c1. The van der Waals surface area contributed by atoms with Crippen LogP contribution in [0.4, 0.5) is 0 Å². The number of rotatable bonds is 3. The summed E-state index contributed by atoms with van der Waals surface area (Å²) in [6.07, 6.45) is 0. The fourth-order valence-corrected chi connectivity index (χ4v) is 2.78. The van der Waals surface area contributed by atoms with Crippen LogP contribution in [0.5, 0.6) is 0 Å². The summed E-state index contributed by atoms with van der Waals surface area (Å²) in [6.45, 7) is 4.18. The molecule has 0 aromatic heterocycles. The van der Waals surface area contributed by atoms with Crippen molar-refractivity contribution in [1.29, 1.82) is 0 Å². The van der Waals surface area contributed by atoms with Crippen LogP contribution in [0.25, 0.3) is 0 Å². The molecule has 0 spiro atoms. The Kier molecular flexibility index (Phi) is 4.84. The third kappa shape index (κ3) is 3.48. The van der Waals surface area contributed by atoms with Gasteiger partial charge in [-0.05, 0) is 59.7 Å². The van der Waals surface area contributed by atoms with Gasteiger partial charge in [-0.2, -0.15) is 0 Å². The average Bonchev–Trinajstić information content (AvgIpc) is 2.33. The smallest absolute Gasteiger partial charge is 0.0710 e. The molecule has 0 saturated heterocycles. The van der Waals surface area contributed by atoms with Crippen molar-refractivity contribution in [2.24, 2.45) is 5.84 Å². The molecule has 2 aromatic carbocycles. The highest BCUT2D eigenvalue weighted by molar-refractivity contribution is 14.1. The van der Waals surface area contributed by atoms with Crippen LogP contribution in [0.2, 0.25) is 5.02 Å². The van der Waals surface area contributed by atoms with Crippen molar-refractivity contribution in [1.82, 2.24) is 5.43 Å². The van der Waals surface area contributed by atoms with Gasteiger partial charge in [0.1, 0.15) is 0 Å². The first-order valence-corrected chi connectivity index (χ1v) is 7.46. The van der Waals surface area contributed by atoms with Crippen LogP contribution in [0, 0.1) is 17.4 Å². The van der Waals surface area contributed by atoms with Gasteiger partial charge in [0.25, 0.3) is 0 Å². The molecule has 1 unspecified atom stereocenters. The molecule has 2 aromatic rings. The zero-order valence-corrected chi connectivity index (χ0v) is 13.8. The molecule has 2 rings (SSSR count). The van der Waals surface area contributed by atoms with Gasteiger partial charge in [-0.15, -0.1) is 0 Å². The van der Waals surface area contributed by atoms with Crippen molar-refractivity contribution in [3.63, 3.8) is 0 Å². The first-order chi connectivity index (χ1) is 9.01. The van der Waals surface area contributed by atoms with Crippen LogP contribution in [0.1, 0.15) is 28.3 Å². The van der Waals surface area contributed by atoms with Gasteiger partial charge in [-0.1, -0.05) is 47.0 Å². The van der Waals surface area contributed by atoms with E-state index in [0.29, 0.717) is 0 Å². The average molecular weight is 387 g/mol. The third-order valence-corrected chi connectivity index (χ3v) is 4.59. The van der Waals surface area contributed by atoms with E-state index in [2.05, 4.69) is 66.1 Å². The van der Waals surface area contributed by atoms with Gasteiger partial charge in [0, 0.05) is 3.57 Å². The normalized spacial score (nSPS) is 12.5. The molecule has 0 saturated carbocycles.